The van der Waals surface area contributed by atoms with E-state index in [1.807, 2.05) is 14.1 Å². The van der Waals surface area contributed by atoms with Crippen molar-refractivity contribution in [2.75, 3.05) is 32.1 Å². The zero-order chi connectivity index (χ0) is 12.4. The average molecular weight is 234 g/mol. The van der Waals surface area contributed by atoms with Gasteiger partial charge in [-0.1, -0.05) is 12.1 Å². The van der Waals surface area contributed by atoms with E-state index >= 15 is 0 Å². The first-order valence-corrected chi connectivity index (χ1v) is 5.77. The summed E-state index contributed by atoms with van der Waals surface area (Å²) in [5, 5.41) is 8.78. The maximum Gasteiger partial charge on any atom is 0.309 e. The number of likely N-dealkylation sites (tertiary alicyclic amines) is 1. The van der Waals surface area contributed by atoms with Crippen LogP contribution in [0.15, 0.2) is 24.3 Å². The number of nitrogens with zero attached hydrogens (tertiary/aromatic N) is 2. The van der Waals surface area contributed by atoms with Gasteiger partial charge in [0.25, 0.3) is 0 Å². The third-order valence-corrected chi connectivity index (χ3v) is 3.17. The Labute approximate surface area is 101 Å². The molecule has 92 valence electrons. The first-order valence-electron chi connectivity index (χ1n) is 5.77. The standard InChI is InChI=1S/C13H18N2O2/c1-14(2)12-5-3-10(4-6-12)7-15-8-11(9-15)13(16)17/h3-6,11H,7-9H2,1-2H3,(H,16,17). The molecule has 2 rings (SSSR count). The maximum absolute atomic E-state index is 10.7. The zero-order valence-corrected chi connectivity index (χ0v) is 10.3. The van der Waals surface area contributed by atoms with Gasteiger partial charge in [-0.2, -0.15) is 0 Å². The summed E-state index contributed by atoms with van der Waals surface area (Å²) < 4.78 is 0. The van der Waals surface area contributed by atoms with Crippen LogP contribution in [-0.2, 0) is 11.3 Å². The number of carboxylic acid groups (broad SMARTS) is 1. The molecule has 1 saturated heterocycles. The molecule has 1 fully saturated rings. The van der Waals surface area contributed by atoms with Gasteiger partial charge in [-0.15, -0.1) is 0 Å². The summed E-state index contributed by atoms with van der Waals surface area (Å²) in [7, 11) is 4.03. The fourth-order valence-corrected chi connectivity index (χ4v) is 2.01. The van der Waals surface area contributed by atoms with Crippen molar-refractivity contribution in [2.45, 2.75) is 6.54 Å². The van der Waals surface area contributed by atoms with Crippen molar-refractivity contribution in [1.82, 2.24) is 4.90 Å². The van der Waals surface area contributed by atoms with Crippen LogP contribution in [0, 0.1) is 5.92 Å². The third kappa shape index (κ3) is 2.77. The fourth-order valence-electron chi connectivity index (χ4n) is 2.01. The number of hydrogen-bond acceptors (Lipinski definition) is 3. The quantitative estimate of drug-likeness (QED) is 0.852. The lowest BCUT2D eigenvalue weighted by atomic mass is 9.99. The number of hydrogen-bond donors (Lipinski definition) is 1. The van der Waals surface area contributed by atoms with E-state index in [2.05, 4.69) is 34.1 Å². The first-order chi connectivity index (χ1) is 8.06. The van der Waals surface area contributed by atoms with Gasteiger partial charge in [0.1, 0.15) is 0 Å². The Morgan fingerprint density at radius 2 is 1.94 bits per heavy atom. The van der Waals surface area contributed by atoms with Crippen molar-refractivity contribution in [2.24, 2.45) is 5.92 Å². The molecule has 1 heterocycles. The highest BCUT2D eigenvalue weighted by Gasteiger charge is 2.31. The summed E-state index contributed by atoms with van der Waals surface area (Å²) in [6.45, 7) is 2.19. The second-order valence-electron chi connectivity index (χ2n) is 4.79. The number of aliphatic carboxylic acids is 1. The van der Waals surface area contributed by atoms with Gasteiger partial charge in [-0.3, -0.25) is 9.69 Å². The molecule has 4 heteroatoms. The maximum atomic E-state index is 10.7. The molecule has 17 heavy (non-hydrogen) atoms. The Kier molecular flexibility index (Phi) is 3.33. The zero-order valence-electron chi connectivity index (χ0n) is 10.3. The molecule has 0 spiro atoms. The lowest BCUT2D eigenvalue weighted by Crippen LogP contribution is -2.49. The Morgan fingerprint density at radius 3 is 2.41 bits per heavy atom. The minimum absolute atomic E-state index is 0.170. The van der Waals surface area contributed by atoms with Gasteiger partial charge < -0.3 is 10.0 Å². The summed E-state index contributed by atoms with van der Waals surface area (Å²) in [6, 6.07) is 8.38. The predicted molar refractivity (Wildman–Crippen MR) is 67.2 cm³/mol. The van der Waals surface area contributed by atoms with Crippen LogP contribution < -0.4 is 4.90 Å². The van der Waals surface area contributed by atoms with E-state index in [1.54, 1.807) is 0 Å². The van der Waals surface area contributed by atoms with E-state index in [1.165, 1.54) is 11.3 Å². The van der Waals surface area contributed by atoms with Crippen LogP contribution in [0.5, 0.6) is 0 Å². The van der Waals surface area contributed by atoms with Gasteiger partial charge in [0.05, 0.1) is 5.92 Å². The number of rotatable bonds is 4. The molecular weight excluding hydrogens is 216 g/mol. The third-order valence-electron chi connectivity index (χ3n) is 3.17. The highest BCUT2D eigenvalue weighted by atomic mass is 16.4. The molecule has 4 nitrogen and oxygen atoms in total. The Hall–Kier alpha value is -1.55. The summed E-state index contributed by atoms with van der Waals surface area (Å²) in [5.74, 6) is -0.847. The summed E-state index contributed by atoms with van der Waals surface area (Å²) in [6.07, 6.45) is 0. The van der Waals surface area contributed by atoms with Crippen molar-refractivity contribution in [3.63, 3.8) is 0 Å². The molecular formula is C13H18N2O2. The van der Waals surface area contributed by atoms with Crippen LogP contribution in [0.3, 0.4) is 0 Å². The number of anilines is 1. The first kappa shape index (κ1) is 11.9. The van der Waals surface area contributed by atoms with Gasteiger partial charge in [-0.25, -0.2) is 0 Å². The molecule has 0 aliphatic carbocycles. The largest absolute Gasteiger partial charge is 0.481 e. The van der Waals surface area contributed by atoms with Crippen LogP contribution in [0.2, 0.25) is 0 Å². The van der Waals surface area contributed by atoms with E-state index in [9.17, 15) is 4.79 Å². The Bertz CT molecular complexity index is 394. The lowest BCUT2D eigenvalue weighted by molar-refractivity contribution is -0.147. The molecule has 0 unspecified atom stereocenters. The minimum atomic E-state index is -0.677. The molecule has 1 aromatic carbocycles. The van der Waals surface area contributed by atoms with Crippen molar-refractivity contribution in [3.8, 4) is 0 Å². The second kappa shape index (κ2) is 4.75. The summed E-state index contributed by atoms with van der Waals surface area (Å²) >= 11 is 0. The molecule has 1 aliphatic heterocycles. The lowest BCUT2D eigenvalue weighted by Gasteiger charge is -2.36. The van der Waals surface area contributed by atoms with Crippen LogP contribution in [0.25, 0.3) is 0 Å². The van der Waals surface area contributed by atoms with Gasteiger partial charge in [0.2, 0.25) is 0 Å². The molecule has 0 bridgehead atoms. The Morgan fingerprint density at radius 1 is 1.35 bits per heavy atom. The van der Waals surface area contributed by atoms with E-state index in [-0.39, 0.29) is 5.92 Å². The van der Waals surface area contributed by atoms with Gasteiger partial charge >= 0.3 is 5.97 Å². The number of benzene rings is 1. The van der Waals surface area contributed by atoms with Crippen LogP contribution >= 0.6 is 0 Å². The molecule has 0 saturated carbocycles. The van der Waals surface area contributed by atoms with E-state index in [0.717, 1.165) is 6.54 Å². The fraction of sp³-hybridized carbons (Fsp3) is 0.462. The normalized spacial score (nSPS) is 16.6. The Balaban J connectivity index is 1.86. The van der Waals surface area contributed by atoms with Crippen molar-refractivity contribution < 1.29 is 9.90 Å². The number of carbonyl (C=O) groups is 1. The smallest absolute Gasteiger partial charge is 0.309 e. The molecule has 0 amide bonds. The second-order valence-corrected chi connectivity index (χ2v) is 4.79. The predicted octanol–water partition coefficient (Wildman–Crippen LogP) is 1.27. The van der Waals surface area contributed by atoms with Crippen molar-refractivity contribution in [1.29, 1.82) is 0 Å². The van der Waals surface area contributed by atoms with Gasteiger partial charge in [0, 0.05) is 39.4 Å². The SMILES string of the molecule is CN(C)c1ccc(CN2CC(C(=O)O)C2)cc1. The highest BCUT2D eigenvalue weighted by Crippen LogP contribution is 2.20. The molecule has 1 aliphatic rings. The van der Waals surface area contributed by atoms with E-state index in [0.29, 0.717) is 13.1 Å². The molecule has 0 radical (unpaired) electrons. The van der Waals surface area contributed by atoms with Gasteiger partial charge in [0.15, 0.2) is 0 Å². The average Bonchev–Trinajstić information content (AvgIpc) is 2.23. The monoisotopic (exact) mass is 234 g/mol. The molecule has 1 N–H and O–H groups in total. The summed E-state index contributed by atoms with van der Waals surface area (Å²) in [5.41, 5.74) is 2.42. The number of carboxylic acids is 1. The van der Waals surface area contributed by atoms with E-state index in [4.69, 9.17) is 5.11 Å². The van der Waals surface area contributed by atoms with Crippen molar-refractivity contribution in [3.05, 3.63) is 29.8 Å². The van der Waals surface area contributed by atoms with E-state index < -0.39 is 5.97 Å². The highest BCUT2D eigenvalue weighted by molar-refractivity contribution is 5.71. The van der Waals surface area contributed by atoms with Crippen LogP contribution in [0.4, 0.5) is 5.69 Å². The van der Waals surface area contributed by atoms with Crippen molar-refractivity contribution >= 4 is 11.7 Å². The molecule has 0 aromatic heterocycles. The van der Waals surface area contributed by atoms with Crippen LogP contribution in [0.1, 0.15) is 5.56 Å². The van der Waals surface area contributed by atoms with Gasteiger partial charge in [-0.05, 0) is 17.7 Å². The topological polar surface area (TPSA) is 43.8 Å². The minimum Gasteiger partial charge on any atom is -0.481 e. The summed E-state index contributed by atoms with van der Waals surface area (Å²) in [4.78, 5) is 14.9. The molecule has 1 aromatic rings. The van der Waals surface area contributed by atoms with Crippen LogP contribution in [-0.4, -0.2) is 43.2 Å². The molecule has 0 atom stereocenters.